The lowest BCUT2D eigenvalue weighted by Gasteiger charge is -2.20. The van der Waals surface area contributed by atoms with Gasteiger partial charge in [-0.25, -0.2) is 13.1 Å². The summed E-state index contributed by atoms with van der Waals surface area (Å²) in [6.45, 7) is 7.02. The average molecular weight is 376 g/mol. The number of rotatable bonds is 6. The van der Waals surface area contributed by atoms with E-state index in [0.29, 0.717) is 11.4 Å². The second-order valence-corrected chi connectivity index (χ2v) is 8.67. The highest BCUT2D eigenvalue weighted by Crippen LogP contribution is 2.18. The molecule has 0 aliphatic carbocycles. The number of sulfonamides is 1. The molecule has 0 unspecified atom stereocenters. The molecular weight excluding hydrogens is 352 g/mol. The molecule has 6 nitrogen and oxygen atoms in total. The smallest absolute Gasteiger partial charge is 0.262 e. The summed E-state index contributed by atoms with van der Waals surface area (Å²) in [5, 5.41) is 2.65. The van der Waals surface area contributed by atoms with Gasteiger partial charge in [-0.15, -0.1) is 0 Å². The summed E-state index contributed by atoms with van der Waals surface area (Å²) >= 11 is 0. The number of benzene rings is 2. The van der Waals surface area contributed by atoms with Crippen molar-refractivity contribution in [3.05, 3.63) is 54.1 Å². The summed E-state index contributed by atoms with van der Waals surface area (Å²) in [6, 6.07) is 13.5. The topological polar surface area (TPSA) is 84.5 Å². The van der Waals surface area contributed by atoms with Gasteiger partial charge < -0.3 is 10.1 Å². The molecule has 0 aliphatic heterocycles. The third kappa shape index (κ3) is 5.86. The molecule has 0 radical (unpaired) electrons. The van der Waals surface area contributed by atoms with Crippen LogP contribution < -0.4 is 14.8 Å². The van der Waals surface area contributed by atoms with Gasteiger partial charge in [0.15, 0.2) is 6.61 Å². The number of nitrogens with one attached hydrogen (secondary N) is 2. The number of para-hydroxylation sites is 1. The summed E-state index contributed by atoms with van der Waals surface area (Å²) in [5.74, 6) is 0.264. The standard InChI is InChI=1S/C19H24N2O4S/c1-14-8-5-6-11-17(14)25-13-18(22)20-15-9-7-10-16(12-15)26(23,24)21-19(2,3)4/h5-12,21H,13H2,1-4H3,(H,20,22). The van der Waals surface area contributed by atoms with Crippen LogP contribution in [0.4, 0.5) is 5.69 Å². The lowest BCUT2D eigenvalue weighted by atomic mass is 10.1. The monoisotopic (exact) mass is 376 g/mol. The van der Waals surface area contributed by atoms with E-state index in [4.69, 9.17) is 4.74 Å². The van der Waals surface area contributed by atoms with Crippen LogP contribution in [0.25, 0.3) is 0 Å². The number of aryl methyl sites for hydroxylation is 1. The molecule has 0 saturated carbocycles. The van der Waals surface area contributed by atoms with E-state index in [1.54, 1.807) is 39.0 Å². The van der Waals surface area contributed by atoms with Gasteiger partial charge in [-0.05, 0) is 57.5 Å². The summed E-state index contributed by atoms with van der Waals surface area (Å²) in [5.41, 5.74) is 0.723. The van der Waals surface area contributed by atoms with Crippen LogP contribution in [-0.4, -0.2) is 26.5 Å². The Morgan fingerprint density at radius 2 is 1.77 bits per heavy atom. The fourth-order valence-corrected chi connectivity index (χ4v) is 3.73. The van der Waals surface area contributed by atoms with E-state index in [-0.39, 0.29) is 17.4 Å². The minimum atomic E-state index is -3.67. The molecule has 7 heteroatoms. The zero-order valence-electron chi connectivity index (χ0n) is 15.4. The maximum atomic E-state index is 12.4. The van der Waals surface area contributed by atoms with Gasteiger partial charge in [-0.2, -0.15) is 0 Å². The van der Waals surface area contributed by atoms with Crippen molar-refractivity contribution in [2.75, 3.05) is 11.9 Å². The summed E-state index contributed by atoms with van der Waals surface area (Å²) in [7, 11) is -3.67. The predicted molar refractivity (Wildman–Crippen MR) is 102 cm³/mol. The number of hydrogen-bond acceptors (Lipinski definition) is 4. The van der Waals surface area contributed by atoms with E-state index in [0.717, 1.165) is 5.56 Å². The van der Waals surface area contributed by atoms with E-state index in [9.17, 15) is 13.2 Å². The molecule has 0 atom stereocenters. The maximum absolute atomic E-state index is 12.4. The van der Waals surface area contributed by atoms with Crippen LogP contribution in [0.3, 0.4) is 0 Å². The van der Waals surface area contributed by atoms with Crippen molar-refractivity contribution in [2.24, 2.45) is 0 Å². The first-order valence-electron chi connectivity index (χ1n) is 8.19. The Hall–Kier alpha value is -2.38. The highest BCUT2D eigenvalue weighted by Gasteiger charge is 2.22. The molecule has 2 N–H and O–H groups in total. The van der Waals surface area contributed by atoms with E-state index in [1.807, 2.05) is 25.1 Å². The first kappa shape index (κ1) is 19.9. The molecule has 26 heavy (non-hydrogen) atoms. The fourth-order valence-electron chi connectivity index (χ4n) is 2.26. The molecule has 0 heterocycles. The summed E-state index contributed by atoms with van der Waals surface area (Å²) in [6.07, 6.45) is 0. The maximum Gasteiger partial charge on any atom is 0.262 e. The van der Waals surface area contributed by atoms with Gasteiger partial charge in [0.1, 0.15) is 5.75 Å². The molecule has 0 aliphatic rings. The second kappa shape index (κ2) is 7.88. The lowest BCUT2D eigenvalue weighted by Crippen LogP contribution is -2.40. The Labute approximate surface area is 154 Å². The fraction of sp³-hybridized carbons (Fsp3) is 0.316. The van der Waals surface area contributed by atoms with Crippen molar-refractivity contribution in [2.45, 2.75) is 38.1 Å². The highest BCUT2D eigenvalue weighted by atomic mass is 32.2. The van der Waals surface area contributed by atoms with E-state index in [1.165, 1.54) is 12.1 Å². The van der Waals surface area contributed by atoms with Gasteiger partial charge in [-0.3, -0.25) is 4.79 Å². The van der Waals surface area contributed by atoms with E-state index < -0.39 is 15.6 Å². The van der Waals surface area contributed by atoms with Crippen LogP contribution in [0.15, 0.2) is 53.4 Å². The van der Waals surface area contributed by atoms with Gasteiger partial charge in [0.2, 0.25) is 10.0 Å². The van der Waals surface area contributed by atoms with Gasteiger partial charge in [0.05, 0.1) is 4.90 Å². The van der Waals surface area contributed by atoms with Crippen LogP contribution >= 0.6 is 0 Å². The average Bonchev–Trinajstić information content (AvgIpc) is 2.52. The largest absolute Gasteiger partial charge is 0.483 e. The van der Waals surface area contributed by atoms with Crippen LogP contribution in [-0.2, 0) is 14.8 Å². The third-order valence-corrected chi connectivity index (χ3v) is 5.08. The summed E-state index contributed by atoms with van der Waals surface area (Å²) < 4.78 is 32.8. The SMILES string of the molecule is Cc1ccccc1OCC(=O)Nc1cccc(S(=O)(=O)NC(C)(C)C)c1. The number of amides is 1. The molecular formula is C19H24N2O4S. The Kier molecular flexibility index (Phi) is 6.05. The first-order valence-corrected chi connectivity index (χ1v) is 9.67. The third-order valence-electron chi connectivity index (χ3n) is 3.32. The van der Waals surface area contributed by atoms with Crippen molar-refractivity contribution >= 4 is 21.6 Å². The van der Waals surface area contributed by atoms with Crippen molar-refractivity contribution in [1.29, 1.82) is 0 Å². The van der Waals surface area contributed by atoms with Crippen LogP contribution in [0, 0.1) is 6.92 Å². The number of hydrogen-bond donors (Lipinski definition) is 2. The van der Waals surface area contributed by atoms with E-state index in [2.05, 4.69) is 10.0 Å². The normalized spacial score (nSPS) is 11.8. The minimum absolute atomic E-state index is 0.0880. The molecule has 140 valence electrons. The molecule has 1 amide bonds. The molecule has 0 bridgehead atoms. The van der Waals surface area contributed by atoms with Gasteiger partial charge in [0, 0.05) is 11.2 Å². The first-order chi connectivity index (χ1) is 12.1. The Morgan fingerprint density at radius 1 is 1.08 bits per heavy atom. The molecule has 0 spiro atoms. The molecule has 2 rings (SSSR count). The van der Waals surface area contributed by atoms with Crippen molar-refractivity contribution in [3.63, 3.8) is 0 Å². The Bertz CT molecular complexity index is 886. The van der Waals surface area contributed by atoms with Crippen molar-refractivity contribution in [3.8, 4) is 5.75 Å². The highest BCUT2D eigenvalue weighted by molar-refractivity contribution is 7.89. The predicted octanol–water partition coefficient (Wildman–Crippen LogP) is 3.09. The number of anilines is 1. The van der Waals surface area contributed by atoms with Crippen molar-refractivity contribution < 1.29 is 17.9 Å². The van der Waals surface area contributed by atoms with Crippen LogP contribution in [0.1, 0.15) is 26.3 Å². The quantitative estimate of drug-likeness (QED) is 0.811. The second-order valence-electron chi connectivity index (χ2n) is 6.99. The Morgan fingerprint density at radius 3 is 2.42 bits per heavy atom. The number of carbonyl (C=O) groups is 1. The zero-order chi connectivity index (χ0) is 19.4. The summed E-state index contributed by atoms with van der Waals surface area (Å²) in [4.78, 5) is 12.2. The Balaban J connectivity index is 2.04. The lowest BCUT2D eigenvalue weighted by molar-refractivity contribution is -0.118. The van der Waals surface area contributed by atoms with Crippen LogP contribution in [0.5, 0.6) is 5.75 Å². The van der Waals surface area contributed by atoms with Gasteiger partial charge >= 0.3 is 0 Å². The minimum Gasteiger partial charge on any atom is -0.483 e. The van der Waals surface area contributed by atoms with Gasteiger partial charge in [0.25, 0.3) is 5.91 Å². The number of ether oxygens (including phenoxy) is 1. The number of carbonyl (C=O) groups excluding carboxylic acids is 1. The molecule has 0 aromatic heterocycles. The zero-order valence-corrected chi connectivity index (χ0v) is 16.2. The van der Waals surface area contributed by atoms with E-state index >= 15 is 0 Å². The van der Waals surface area contributed by atoms with Crippen molar-refractivity contribution in [1.82, 2.24) is 4.72 Å². The molecule has 0 saturated heterocycles. The molecule has 2 aromatic rings. The van der Waals surface area contributed by atoms with Crippen LogP contribution in [0.2, 0.25) is 0 Å². The van der Waals surface area contributed by atoms with Gasteiger partial charge in [-0.1, -0.05) is 24.3 Å². The molecule has 2 aromatic carbocycles. The molecule has 0 fully saturated rings.